The number of hydrogen-bond donors (Lipinski definition) is 2. The van der Waals surface area contributed by atoms with E-state index >= 15 is 0 Å². The summed E-state index contributed by atoms with van der Waals surface area (Å²) in [5, 5.41) is 3.26. The molecule has 4 amide bonds. The maximum absolute atomic E-state index is 11.0. The molecule has 10 nitrogen and oxygen atoms in total. The molecule has 3 N–H and O–H groups in total. The number of nitrogens with one attached hydrogen (secondary N) is 1. The van der Waals surface area contributed by atoms with Gasteiger partial charge in [0.05, 0.1) is 6.04 Å². The Hall–Kier alpha value is -2.49. The highest BCUT2D eigenvalue weighted by atomic mass is 16.7. The van der Waals surface area contributed by atoms with Crippen LogP contribution < -0.4 is 11.1 Å². The predicted octanol–water partition coefficient (Wildman–Crippen LogP) is -0.288. The minimum Gasteiger partial charge on any atom is -0.368 e. The highest BCUT2D eigenvalue weighted by Gasteiger charge is 2.32. The molecule has 1 fully saturated rings. The van der Waals surface area contributed by atoms with E-state index in [0.717, 1.165) is 19.3 Å². The lowest BCUT2D eigenvalue weighted by atomic mass is 10.1. The molecule has 0 aromatic rings. The van der Waals surface area contributed by atoms with E-state index < -0.39 is 17.8 Å². The highest BCUT2D eigenvalue weighted by molar-refractivity contribution is 6.01. The van der Waals surface area contributed by atoms with Crippen LogP contribution in [0, 0.1) is 0 Å². The quantitative estimate of drug-likeness (QED) is 0.239. The van der Waals surface area contributed by atoms with Crippen LogP contribution in [0.3, 0.4) is 0 Å². The number of primary amides is 1. The fourth-order valence-electron chi connectivity index (χ4n) is 2.21. The Balaban J connectivity index is 0.000000511. The lowest BCUT2D eigenvalue weighted by Gasteiger charge is -2.20. The summed E-state index contributed by atoms with van der Waals surface area (Å²) < 4.78 is 0. The Morgan fingerprint density at radius 3 is 2.15 bits per heavy atom. The second kappa shape index (κ2) is 12.8. The van der Waals surface area contributed by atoms with E-state index in [0.29, 0.717) is 11.6 Å². The molecule has 1 aliphatic heterocycles. The Morgan fingerprint density at radius 2 is 1.74 bits per heavy atom. The van der Waals surface area contributed by atoms with Gasteiger partial charge in [0, 0.05) is 32.7 Å². The van der Waals surface area contributed by atoms with Crippen molar-refractivity contribution in [3.8, 4) is 0 Å². The number of carbonyl (C=O) groups excluding carboxylic acids is 5. The van der Waals surface area contributed by atoms with Gasteiger partial charge in [0.25, 0.3) is 11.8 Å². The molecule has 1 unspecified atom stereocenters. The van der Waals surface area contributed by atoms with Gasteiger partial charge in [-0.15, -0.1) is 5.06 Å². The molecule has 0 radical (unpaired) electrons. The van der Waals surface area contributed by atoms with Crippen LogP contribution in [0.1, 0.15) is 52.4 Å². The number of likely N-dealkylation sites (N-methyl/N-ethyl adjacent to an activating group) is 1. The fraction of sp³-hybridized carbons (Fsp3) is 0.706. The molecule has 0 bridgehead atoms. The van der Waals surface area contributed by atoms with Gasteiger partial charge in [-0.3, -0.25) is 24.1 Å². The molecule has 154 valence electrons. The van der Waals surface area contributed by atoms with Crippen LogP contribution in [0.25, 0.3) is 0 Å². The number of carbonyl (C=O) groups is 5. The zero-order valence-corrected chi connectivity index (χ0v) is 16.4. The molecule has 0 aromatic carbocycles. The molecule has 1 rings (SSSR count). The highest BCUT2D eigenvalue weighted by Crippen LogP contribution is 2.12. The fourth-order valence-corrected chi connectivity index (χ4v) is 2.21. The molecule has 0 spiro atoms. The van der Waals surface area contributed by atoms with Crippen molar-refractivity contribution >= 4 is 29.6 Å². The summed E-state index contributed by atoms with van der Waals surface area (Å²) in [4.78, 5) is 60.3. The number of nitrogens with zero attached hydrogens (tertiary/aromatic N) is 2. The summed E-state index contributed by atoms with van der Waals surface area (Å²) >= 11 is 0. The van der Waals surface area contributed by atoms with Gasteiger partial charge in [0.15, 0.2) is 0 Å². The Morgan fingerprint density at radius 1 is 1.19 bits per heavy atom. The number of hydroxylamine groups is 2. The molecule has 1 aliphatic rings. The summed E-state index contributed by atoms with van der Waals surface area (Å²) in [6.45, 7) is 3.74. The topological polar surface area (TPSA) is 139 Å². The van der Waals surface area contributed by atoms with Crippen molar-refractivity contribution in [2.24, 2.45) is 5.73 Å². The van der Waals surface area contributed by atoms with Crippen LogP contribution in [-0.2, 0) is 28.8 Å². The van der Waals surface area contributed by atoms with Gasteiger partial charge < -0.3 is 15.9 Å². The Bertz CT molecular complexity index is 534. The number of imide groups is 1. The van der Waals surface area contributed by atoms with Crippen molar-refractivity contribution in [3.05, 3.63) is 0 Å². The van der Waals surface area contributed by atoms with Gasteiger partial charge in [-0.1, -0.05) is 6.92 Å². The molecule has 1 atom stereocenters. The molecular weight excluding hydrogens is 360 g/mol. The summed E-state index contributed by atoms with van der Waals surface area (Å²) in [5.41, 5.74) is 5.25. The van der Waals surface area contributed by atoms with E-state index in [2.05, 4.69) is 10.2 Å². The second-order valence-corrected chi connectivity index (χ2v) is 6.26. The number of amides is 4. The van der Waals surface area contributed by atoms with E-state index in [4.69, 9.17) is 5.73 Å². The predicted molar refractivity (Wildman–Crippen MR) is 96.7 cm³/mol. The van der Waals surface area contributed by atoms with Gasteiger partial charge in [0.1, 0.15) is 0 Å². The molecule has 0 aliphatic carbocycles. The molecule has 10 heteroatoms. The van der Waals surface area contributed by atoms with E-state index in [1.54, 1.807) is 6.92 Å². The minimum absolute atomic E-state index is 0.0194. The van der Waals surface area contributed by atoms with Gasteiger partial charge in [-0.05, 0) is 33.4 Å². The molecule has 0 saturated carbocycles. The smallest absolute Gasteiger partial charge is 0.332 e. The number of nitrogens with two attached hydrogens (primary N) is 1. The van der Waals surface area contributed by atoms with Crippen molar-refractivity contribution in [1.29, 1.82) is 0 Å². The summed E-state index contributed by atoms with van der Waals surface area (Å²) in [7, 11) is 3.67. The Kier molecular flexibility index (Phi) is 11.6. The minimum atomic E-state index is -0.571. The van der Waals surface area contributed by atoms with E-state index in [1.165, 1.54) is 6.92 Å². The van der Waals surface area contributed by atoms with Crippen LogP contribution >= 0.6 is 0 Å². The van der Waals surface area contributed by atoms with Gasteiger partial charge in [-0.25, -0.2) is 4.79 Å². The van der Waals surface area contributed by atoms with E-state index in [9.17, 15) is 24.0 Å². The zero-order chi connectivity index (χ0) is 21.0. The van der Waals surface area contributed by atoms with Gasteiger partial charge in [0.2, 0.25) is 11.8 Å². The average Bonchev–Trinajstić information content (AvgIpc) is 2.89. The van der Waals surface area contributed by atoms with E-state index in [1.807, 2.05) is 19.0 Å². The standard InChI is InChI=1S/C10H21N3O2.C7H9NO4/c1-8(14)12-7-5-4-6-9(10(11)15)13(2)3;1-2-7(11)12-8-5(9)3-4-6(8)10/h9H,4-7H2,1-3H3,(H2,11,15)(H,12,14);2-4H2,1H3/i1+1,8+1,11+1;1+1. The third kappa shape index (κ3) is 10.3. The largest absolute Gasteiger partial charge is 0.368 e. The molecule has 1 heterocycles. The maximum Gasteiger partial charge on any atom is 0.332 e. The normalized spacial score (nSPS) is 14.5. The first-order valence-corrected chi connectivity index (χ1v) is 8.86. The zero-order valence-electron chi connectivity index (χ0n) is 16.4. The van der Waals surface area contributed by atoms with E-state index in [-0.39, 0.29) is 37.1 Å². The van der Waals surface area contributed by atoms with Crippen LogP contribution in [0.4, 0.5) is 0 Å². The molecular formula is C17H30N4O6. The molecule has 27 heavy (non-hydrogen) atoms. The number of hydrogen-bond acceptors (Lipinski definition) is 7. The summed E-state index contributed by atoms with van der Waals surface area (Å²) in [6, 6.07) is -0.206. The van der Waals surface area contributed by atoms with Crippen LogP contribution in [0.5, 0.6) is 0 Å². The van der Waals surface area contributed by atoms with Crippen molar-refractivity contribution in [1.82, 2.24) is 15.3 Å². The number of unbranched alkanes of at least 4 members (excludes halogenated alkanes) is 1. The first kappa shape index (κ1) is 24.5. The van der Waals surface area contributed by atoms with Crippen molar-refractivity contribution in [2.45, 2.75) is 58.4 Å². The lowest BCUT2D eigenvalue weighted by Crippen LogP contribution is -2.40. The van der Waals surface area contributed by atoms with Gasteiger partial charge >= 0.3 is 5.97 Å². The average molecular weight is 390 g/mol. The Labute approximate surface area is 159 Å². The van der Waals surface area contributed by atoms with Crippen molar-refractivity contribution in [3.63, 3.8) is 0 Å². The van der Waals surface area contributed by atoms with Crippen molar-refractivity contribution < 1.29 is 28.8 Å². The van der Waals surface area contributed by atoms with Gasteiger partial charge in [-0.2, -0.15) is 0 Å². The first-order valence-electron chi connectivity index (χ1n) is 8.86. The van der Waals surface area contributed by atoms with Crippen LogP contribution in [0.2, 0.25) is 0 Å². The van der Waals surface area contributed by atoms with Crippen molar-refractivity contribution in [2.75, 3.05) is 20.6 Å². The van der Waals surface area contributed by atoms with Crippen LogP contribution in [0.15, 0.2) is 0 Å². The summed E-state index contributed by atoms with van der Waals surface area (Å²) in [6.07, 6.45) is 2.91. The van der Waals surface area contributed by atoms with Crippen LogP contribution in [-0.4, -0.2) is 66.2 Å². The summed E-state index contributed by atoms with van der Waals surface area (Å²) in [5.74, 6) is -1.77. The second-order valence-electron chi connectivity index (χ2n) is 6.26. The first-order chi connectivity index (χ1) is 12.6. The third-order valence-electron chi connectivity index (χ3n) is 3.72. The monoisotopic (exact) mass is 390 g/mol. The third-order valence-corrected chi connectivity index (χ3v) is 3.72. The SMILES string of the molecule is CN(C)C(CCCCN[13C]([13CH3])=O)C([15NH2])=O.[13CH3]CC(=O)ON1C(=O)CCC1=O. The lowest BCUT2D eigenvalue weighted by molar-refractivity contribution is -0.197. The molecule has 0 aromatic heterocycles. The number of rotatable bonds is 9. The molecule has 1 saturated heterocycles. The maximum atomic E-state index is 11.0.